The summed E-state index contributed by atoms with van der Waals surface area (Å²) in [7, 11) is 0. The summed E-state index contributed by atoms with van der Waals surface area (Å²) in [6, 6.07) is 0. The van der Waals surface area contributed by atoms with Crippen LogP contribution in [0, 0.1) is 28.6 Å². The van der Waals surface area contributed by atoms with Crippen LogP contribution < -0.4 is 0 Å². The fourth-order valence-electron chi connectivity index (χ4n) is 8.91. The highest BCUT2D eigenvalue weighted by molar-refractivity contribution is 9.10. The fourth-order valence-corrected chi connectivity index (χ4v) is 9.97. The average molecular weight is 487 g/mol. The molecule has 0 aromatic heterocycles. The Balaban J connectivity index is 1.55. The third-order valence-electron chi connectivity index (χ3n) is 10.2. The second kappa shape index (κ2) is 6.30. The first kappa shape index (κ1) is 21.8. The van der Waals surface area contributed by atoms with Crippen molar-refractivity contribution in [3.63, 3.8) is 0 Å². The van der Waals surface area contributed by atoms with Gasteiger partial charge >= 0.3 is 0 Å². The number of aliphatic hydroxyl groups is 1. The van der Waals surface area contributed by atoms with Crippen molar-refractivity contribution in [2.45, 2.75) is 114 Å². The SMILES string of the molecule is CC(=O)[C@@]12OC(C)(C)O[C@@H]1C[C@H]1[C@@H]3CC(F)[C@@]4(Br)C[C@@H](O)CC[C@]4(C)[C@H]3CC[C@@]12C. The number of fused-ring (bicyclic) bond motifs is 7. The van der Waals surface area contributed by atoms with Gasteiger partial charge in [-0.3, -0.25) is 4.79 Å². The Bertz CT molecular complexity index is 774. The molecule has 0 bridgehead atoms. The summed E-state index contributed by atoms with van der Waals surface area (Å²) < 4.78 is 27.9. The van der Waals surface area contributed by atoms with E-state index in [9.17, 15) is 9.90 Å². The van der Waals surface area contributed by atoms with Gasteiger partial charge in [0.05, 0.1) is 16.5 Å². The summed E-state index contributed by atoms with van der Waals surface area (Å²) in [6.07, 6.45) is 3.48. The standard InChI is InChI=1S/C24H36BrFO4/c1-13(27)24-19(29-20(2,3)30-24)11-17-15-10-18(26)23(25)12-14(28)6-8-21(23,4)16(15)7-9-22(17,24)5/h14-19,28H,6-12H2,1-5H3/t14-,15+,16-,17-,18?,19+,21+,22-,23-,24+/m0/s1. The van der Waals surface area contributed by atoms with Crippen molar-refractivity contribution in [1.29, 1.82) is 0 Å². The Morgan fingerprint density at radius 3 is 2.40 bits per heavy atom. The van der Waals surface area contributed by atoms with Gasteiger partial charge in [0, 0.05) is 5.41 Å². The fraction of sp³-hybridized carbons (Fsp3) is 0.958. The molecule has 5 rings (SSSR count). The monoisotopic (exact) mass is 486 g/mol. The highest BCUT2D eigenvalue weighted by Crippen LogP contribution is 2.73. The maximum atomic E-state index is 15.9. The van der Waals surface area contributed by atoms with Crippen molar-refractivity contribution in [3.05, 3.63) is 0 Å². The summed E-state index contributed by atoms with van der Waals surface area (Å²) in [5.74, 6) is 0.0793. The van der Waals surface area contributed by atoms with Crippen LogP contribution in [-0.2, 0) is 14.3 Å². The van der Waals surface area contributed by atoms with Gasteiger partial charge in [-0.05, 0) is 88.9 Å². The van der Waals surface area contributed by atoms with Crippen LogP contribution in [0.15, 0.2) is 0 Å². The molecule has 6 heteroatoms. The number of ketones is 1. The van der Waals surface area contributed by atoms with E-state index in [4.69, 9.17) is 9.47 Å². The Morgan fingerprint density at radius 1 is 1.07 bits per heavy atom. The van der Waals surface area contributed by atoms with E-state index in [0.717, 1.165) is 32.1 Å². The quantitative estimate of drug-likeness (QED) is 0.533. The van der Waals surface area contributed by atoms with E-state index in [1.807, 2.05) is 13.8 Å². The van der Waals surface area contributed by atoms with Crippen molar-refractivity contribution in [3.8, 4) is 0 Å². The predicted octanol–water partition coefficient (Wildman–Crippen LogP) is 4.94. The molecular weight excluding hydrogens is 451 g/mol. The first-order valence-electron chi connectivity index (χ1n) is 11.7. The molecule has 4 aliphatic carbocycles. The van der Waals surface area contributed by atoms with Gasteiger partial charge in [-0.15, -0.1) is 0 Å². The van der Waals surface area contributed by atoms with Crippen molar-refractivity contribution < 1.29 is 23.8 Å². The summed E-state index contributed by atoms with van der Waals surface area (Å²) in [6.45, 7) is 9.88. The topological polar surface area (TPSA) is 55.8 Å². The molecule has 0 aromatic carbocycles. The molecule has 0 aromatic rings. The summed E-state index contributed by atoms with van der Waals surface area (Å²) in [4.78, 5) is 13.1. The highest BCUT2D eigenvalue weighted by Gasteiger charge is 2.76. The number of ether oxygens (including phenoxy) is 2. The first-order chi connectivity index (χ1) is 13.8. The van der Waals surface area contributed by atoms with E-state index in [-0.39, 0.29) is 34.6 Å². The Morgan fingerprint density at radius 2 is 1.73 bits per heavy atom. The molecule has 1 heterocycles. The molecule has 30 heavy (non-hydrogen) atoms. The number of aliphatic hydroxyl groups excluding tert-OH is 1. The zero-order chi connectivity index (χ0) is 21.9. The molecule has 1 saturated heterocycles. The van der Waals surface area contributed by atoms with Crippen LogP contribution in [0.5, 0.6) is 0 Å². The molecule has 0 spiro atoms. The Hall–Kier alpha value is -0.0400. The maximum absolute atomic E-state index is 15.9. The largest absolute Gasteiger partial charge is 0.393 e. The van der Waals surface area contributed by atoms with Gasteiger partial charge in [-0.1, -0.05) is 29.8 Å². The van der Waals surface area contributed by atoms with E-state index >= 15 is 4.39 Å². The lowest BCUT2D eigenvalue weighted by atomic mass is 9.43. The second-order valence-corrected chi connectivity index (χ2v) is 13.3. The van der Waals surface area contributed by atoms with E-state index in [1.54, 1.807) is 6.92 Å². The van der Waals surface area contributed by atoms with Crippen LogP contribution in [0.3, 0.4) is 0 Å². The van der Waals surface area contributed by atoms with Crippen LogP contribution >= 0.6 is 15.9 Å². The molecule has 0 amide bonds. The molecule has 4 nitrogen and oxygen atoms in total. The molecule has 4 saturated carbocycles. The van der Waals surface area contributed by atoms with E-state index < -0.39 is 28.0 Å². The number of carbonyl (C=O) groups excluding carboxylic acids is 1. The van der Waals surface area contributed by atoms with Crippen LogP contribution in [-0.4, -0.2) is 45.0 Å². The normalized spacial score (nSPS) is 59.1. The van der Waals surface area contributed by atoms with Gasteiger partial charge in [0.1, 0.15) is 6.17 Å². The molecule has 5 fully saturated rings. The first-order valence-corrected chi connectivity index (χ1v) is 12.5. The van der Waals surface area contributed by atoms with E-state index in [1.165, 1.54) is 0 Å². The molecular formula is C24H36BrFO4. The lowest BCUT2D eigenvalue weighted by Crippen LogP contribution is -2.66. The third kappa shape index (κ3) is 2.40. The number of halogens is 2. The molecule has 10 atom stereocenters. The van der Waals surface area contributed by atoms with Gasteiger partial charge in [0.15, 0.2) is 17.2 Å². The molecule has 5 aliphatic rings. The van der Waals surface area contributed by atoms with Crippen molar-refractivity contribution in [1.82, 2.24) is 0 Å². The average Bonchev–Trinajstić information content (AvgIpc) is 3.05. The van der Waals surface area contributed by atoms with Crippen molar-refractivity contribution in [2.24, 2.45) is 28.6 Å². The minimum absolute atomic E-state index is 0.0518. The number of rotatable bonds is 1. The maximum Gasteiger partial charge on any atom is 0.164 e. The smallest absolute Gasteiger partial charge is 0.164 e. The van der Waals surface area contributed by atoms with Crippen LogP contribution in [0.4, 0.5) is 4.39 Å². The molecule has 170 valence electrons. The third-order valence-corrected chi connectivity index (χ3v) is 12.0. The van der Waals surface area contributed by atoms with Crippen molar-refractivity contribution in [2.75, 3.05) is 0 Å². The van der Waals surface area contributed by atoms with E-state index in [0.29, 0.717) is 18.8 Å². The lowest BCUT2D eigenvalue weighted by molar-refractivity contribution is -0.220. The van der Waals surface area contributed by atoms with Gasteiger partial charge in [0.25, 0.3) is 0 Å². The highest BCUT2D eigenvalue weighted by atomic mass is 79.9. The Kier molecular flexibility index (Phi) is 4.57. The number of hydrogen-bond acceptors (Lipinski definition) is 4. The molecule has 1 aliphatic heterocycles. The lowest BCUT2D eigenvalue weighted by Gasteiger charge is -2.65. The molecule has 1 unspecified atom stereocenters. The van der Waals surface area contributed by atoms with Gasteiger partial charge in [-0.2, -0.15) is 0 Å². The van der Waals surface area contributed by atoms with Gasteiger partial charge < -0.3 is 14.6 Å². The zero-order valence-corrected chi connectivity index (χ0v) is 20.4. The number of alkyl halides is 2. The molecule has 1 N–H and O–H groups in total. The summed E-state index contributed by atoms with van der Waals surface area (Å²) in [5, 5.41) is 10.3. The zero-order valence-electron chi connectivity index (χ0n) is 18.8. The van der Waals surface area contributed by atoms with Gasteiger partial charge in [0.2, 0.25) is 0 Å². The van der Waals surface area contributed by atoms with Crippen LogP contribution in [0.25, 0.3) is 0 Å². The second-order valence-electron chi connectivity index (χ2n) is 11.8. The van der Waals surface area contributed by atoms with Crippen LogP contribution in [0.2, 0.25) is 0 Å². The van der Waals surface area contributed by atoms with E-state index in [2.05, 4.69) is 29.8 Å². The summed E-state index contributed by atoms with van der Waals surface area (Å²) in [5.41, 5.74) is -1.46. The summed E-state index contributed by atoms with van der Waals surface area (Å²) >= 11 is 3.84. The number of hydrogen-bond donors (Lipinski definition) is 1. The molecule has 0 radical (unpaired) electrons. The predicted molar refractivity (Wildman–Crippen MR) is 115 cm³/mol. The number of carbonyl (C=O) groups is 1. The van der Waals surface area contributed by atoms with Gasteiger partial charge in [-0.25, -0.2) is 4.39 Å². The van der Waals surface area contributed by atoms with Crippen molar-refractivity contribution >= 4 is 21.7 Å². The van der Waals surface area contributed by atoms with Crippen LogP contribution in [0.1, 0.15) is 79.6 Å². The minimum atomic E-state index is -1.01. The Labute approximate surface area is 187 Å². The number of Topliss-reactive ketones (excluding diaryl/α,β-unsaturated/α-hetero) is 1. The minimum Gasteiger partial charge on any atom is -0.393 e.